The monoisotopic (exact) mass is 322 g/mol. The summed E-state index contributed by atoms with van der Waals surface area (Å²) in [5.74, 6) is -0.156. The molecule has 2 rings (SSSR count). The third-order valence-corrected chi connectivity index (χ3v) is 5.23. The topological polar surface area (TPSA) is 84.2 Å². The lowest BCUT2D eigenvalue weighted by atomic mass is 10.2. The highest BCUT2D eigenvalue weighted by molar-refractivity contribution is 7.97. The third-order valence-electron chi connectivity index (χ3n) is 3.54. The molecule has 0 spiro atoms. The lowest BCUT2D eigenvalue weighted by Crippen LogP contribution is -2.14. The van der Waals surface area contributed by atoms with Gasteiger partial charge in [0.25, 0.3) is 10.2 Å². The first-order chi connectivity index (χ1) is 10.2. The number of rotatable bonds is 4. The van der Waals surface area contributed by atoms with Gasteiger partial charge in [-0.05, 0) is 38.1 Å². The number of benzene rings is 1. The van der Waals surface area contributed by atoms with Crippen LogP contribution in [0.5, 0.6) is 0 Å². The van der Waals surface area contributed by atoms with E-state index in [0.29, 0.717) is 10.6 Å². The second-order valence-electron chi connectivity index (χ2n) is 5.26. The average Bonchev–Trinajstić information content (AvgIpc) is 2.65. The average molecular weight is 322 g/mol. The quantitative estimate of drug-likeness (QED) is 0.847. The van der Waals surface area contributed by atoms with Gasteiger partial charge in [0.1, 0.15) is 0 Å². The first-order valence-corrected chi connectivity index (χ1v) is 8.50. The maximum absolute atomic E-state index is 12.6. The largest absolute Gasteiger partial charge is 0.326 e. The summed E-state index contributed by atoms with van der Waals surface area (Å²) < 4.78 is 24.7. The summed E-state index contributed by atoms with van der Waals surface area (Å²) in [6.07, 6.45) is 0. The highest BCUT2D eigenvalue weighted by atomic mass is 32.3. The number of anilines is 1. The molecule has 2 N–H and O–H groups in total. The first-order valence-electron chi connectivity index (χ1n) is 6.82. The zero-order valence-corrected chi connectivity index (χ0v) is 13.9. The lowest BCUT2D eigenvalue weighted by Gasteiger charge is -2.07. The maximum atomic E-state index is 12.6. The Morgan fingerprint density at radius 3 is 2.36 bits per heavy atom. The molecule has 6 nitrogen and oxygen atoms in total. The van der Waals surface area contributed by atoms with Gasteiger partial charge in [-0.2, -0.15) is 9.65 Å². The minimum absolute atomic E-state index is 0.0258. The van der Waals surface area contributed by atoms with Crippen molar-refractivity contribution in [2.24, 2.45) is 7.05 Å². The first kappa shape index (κ1) is 16.4. The van der Waals surface area contributed by atoms with Crippen molar-refractivity contribution in [3.8, 4) is 0 Å². The minimum Gasteiger partial charge on any atom is -0.326 e. The van der Waals surface area contributed by atoms with Crippen LogP contribution in [0, 0.1) is 13.8 Å². The molecule has 0 fully saturated rings. The molecular formula is C15H20N3O3S+. The van der Waals surface area contributed by atoms with Crippen LogP contribution in [-0.4, -0.2) is 20.2 Å². The Kier molecular flexibility index (Phi) is 4.48. The maximum Gasteiger partial charge on any atom is 0.252 e. The molecule has 0 saturated heterocycles. The Morgan fingerprint density at radius 2 is 1.91 bits per heavy atom. The van der Waals surface area contributed by atoms with Crippen molar-refractivity contribution in [1.82, 2.24) is 9.78 Å². The van der Waals surface area contributed by atoms with E-state index in [4.69, 9.17) is 0 Å². The van der Waals surface area contributed by atoms with E-state index < -0.39 is 10.2 Å². The van der Waals surface area contributed by atoms with Crippen LogP contribution in [0.4, 0.5) is 5.69 Å². The van der Waals surface area contributed by atoms with E-state index in [2.05, 4.69) is 10.4 Å². The summed E-state index contributed by atoms with van der Waals surface area (Å²) in [6, 6.07) is 6.37. The molecule has 1 unspecified atom stereocenters. The van der Waals surface area contributed by atoms with Crippen molar-refractivity contribution >= 4 is 21.8 Å². The standard InChI is InChI=1S/C15H19N3O3S/c1-10-15(11(2)18(4)17-10)9-22(20,21)14-7-5-13(6-8-14)16-12(3)19/h5-8H,9H2,1-4H3,(H-,16,19,20,21)/p+1. The van der Waals surface area contributed by atoms with E-state index in [1.807, 2.05) is 20.9 Å². The molecule has 0 saturated carbocycles. The molecule has 0 bridgehead atoms. The van der Waals surface area contributed by atoms with E-state index in [1.165, 1.54) is 6.92 Å². The molecule has 118 valence electrons. The summed E-state index contributed by atoms with van der Waals surface area (Å²) in [5.41, 5.74) is 3.03. The molecule has 1 aromatic carbocycles. The second-order valence-corrected chi connectivity index (χ2v) is 7.30. The molecular weight excluding hydrogens is 302 g/mol. The second kappa shape index (κ2) is 6.02. The van der Waals surface area contributed by atoms with Gasteiger partial charge < -0.3 is 5.32 Å². The number of hydrogen-bond donors (Lipinski definition) is 2. The van der Waals surface area contributed by atoms with Crippen LogP contribution in [0.25, 0.3) is 0 Å². The van der Waals surface area contributed by atoms with Gasteiger partial charge in [0.15, 0.2) is 10.6 Å². The predicted molar refractivity (Wildman–Crippen MR) is 86.1 cm³/mol. The fraction of sp³-hybridized carbons (Fsp3) is 0.333. The molecule has 0 aliphatic carbocycles. The number of hydrogen-bond acceptors (Lipinski definition) is 3. The number of nitrogens with zero attached hydrogens (tertiary/aromatic N) is 2. The van der Waals surface area contributed by atoms with Crippen molar-refractivity contribution in [2.45, 2.75) is 31.4 Å². The number of aromatic nitrogens is 2. The predicted octanol–water partition coefficient (Wildman–Crippen LogP) is 2.53. The summed E-state index contributed by atoms with van der Waals surface area (Å²) in [7, 11) is -1.39. The molecule has 7 heteroatoms. The molecule has 0 aliphatic heterocycles. The number of amides is 1. The summed E-state index contributed by atoms with van der Waals surface area (Å²) >= 11 is 0. The van der Waals surface area contributed by atoms with Crippen LogP contribution >= 0.6 is 0 Å². The zero-order chi connectivity index (χ0) is 16.5. The van der Waals surface area contributed by atoms with Gasteiger partial charge >= 0.3 is 0 Å². The Hall–Kier alpha value is -1.99. The van der Waals surface area contributed by atoms with E-state index in [1.54, 1.807) is 28.9 Å². The van der Waals surface area contributed by atoms with Crippen molar-refractivity contribution in [3.63, 3.8) is 0 Å². The number of nitrogens with one attached hydrogen (secondary N) is 1. The highest BCUT2D eigenvalue weighted by Crippen LogP contribution is 2.26. The van der Waals surface area contributed by atoms with Crippen LogP contribution < -0.4 is 5.32 Å². The van der Waals surface area contributed by atoms with Gasteiger partial charge in [-0.15, -0.1) is 0 Å². The fourth-order valence-corrected chi connectivity index (χ4v) is 3.80. The van der Waals surface area contributed by atoms with Crippen molar-refractivity contribution < 1.29 is 13.6 Å². The van der Waals surface area contributed by atoms with Crippen LogP contribution in [0.1, 0.15) is 23.9 Å². The van der Waals surface area contributed by atoms with Crippen molar-refractivity contribution in [2.75, 3.05) is 5.32 Å². The summed E-state index contributed by atoms with van der Waals surface area (Å²) in [5, 5.41) is 6.90. The molecule has 2 aromatic rings. The Labute approximate surface area is 130 Å². The minimum atomic E-state index is -3.21. The van der Waals surface area contributed by atoms with E-state index in [-0.39, 0.29) is 11.7 Å². The molecule has 1 atom stereocenters. The Morgan fingerprint density at radius 1 is 1.32 bits per heavy atom. The molecule has 0 radical (unpaired) electrons. The number of carbonyl (C=O) groups is 1. The number of carbonyl (C=O) groups excluding carboxylic acids is 1. The third kappa shape index (κ3) is 3.42. The number of aryl methyl sites for hydroxylation is 2. The van der Waals surface area contributed by atoms with Crippen LogP contribution in [0.3, 0.4) is 0 Å². The molecule has 22 heavy (non-hydrogen) atoms. The van der Waals surface area contributed by atoms with Gasteiger partial charge in [0.05, 0.1) is 5.69 Å². The SMILES string of the molecule is CC(=O)Nc1ccc([S+](=O)(O)Cc2c(C)nn(C)c2C)cc1. The van der Waals surface area contributed by atoms with Gasteiger partial charge in [0.2, 0.25) is 5.91 Å². The van der Waals surface area contributed by atoms with E-state index in [9.17, 15) is 13.6 Å². The molecule has 1 amide bonds. The van der Waals surface area contributed by atoms with Gasteiger partial charge in [0, 0.05) is 30.9 Å². The lowest BCUT2D eigenvalue weighted by molar-refractivity contribution is -0.114. The van der Waals surface area contributed by atoms with Gasteiger partial charge in [-0.3, -0.25) is 9.48 Å². The Balaban J connectivity index is 2.26. The normalized spacial score (nSPS) is 13.7. The van der Waals surface area contributed by atoms with Gasteiger partial charge in [-0.1, -0.05) is 4.21 Å². The van der Waals surface area contributed by atoms with Gasteiger partial charge in [-0.25, -0.2) is 0 Å². The van der Waals surface area contributed by atoms with Crippen LogP contribution in [0.2, 0.25) is 0 Å². The van der Waals surface area contributed by atoms with E-state index in [0.717, 1.165) is 17.0 Å². The van der Waals surface area contributed by atoms with Crippen molar-refractivity contribution in [3.05, 3.63) is 41.2 Å². The summed E-state index contributed by atoms with van der Waals surface area (Å²) in [4.78, 5) is 11.3. The highest BCUT2D eigenvalue weighted by Gasteiger charge is 2.32. The Bertz CT molecular complexity index is 750. The van der Waals surface area contributed by atoms with Crippen LogP contribution in [-0.2, 0) is 32.0 Å². The molecule has 1 heterocycles. The fourth-order valence-electron chi connectivity index (χ4n) is 2.26. The smallest absolute Gasteiger partial charge is 0.252 e. The zero-order valence-electron chi connectivity index (χ0n) is 13.1. The molecule has 1 aromatic heterocycles. The summed E-state index contributed by atoms with van der Waals surface area (Å²) in [6.45, 7) is 5.12. The molecule has 0 aliphatic rings. The van der Waals surface area contributed by atoms with Crippen LogP contribution in [0.15, 0.2) is 29.2 Å². The van der Waals surface area contributed by atoms with Crippen molar-refractivity contribution in [1.29, 1.82) is 0 Å². The van der Waals surface area contributed by atoms with E-state index >= 15 is 0 Å².